The maximum atomic E-state index is 12.9. The van der Waals surface area contributed by atoms with E-state index < -0.39 is 11.9 Å². The van der Waals surface area contributed by atoms with Gasteiger partial charge in [-0.2, -0.15) is 5.11 Å². The van der Waals surface area contributed by atoms with E-state index >= 15 is 0 Å². The highest BCUT2D eigenvalue weighted by Crippen LogP contribution is 2.17. The number of hydrogen-bond donors (Lipinski definition) is 1. The van der Waals surface area contributed by atoms with Crippen LogP contribution in [0.2, 0.25) is 0 Å². The molecule has 62 valence electrons. The summed E-state index contributed by atoms with van der Waals surface area (Å²) >= 11 is 0. The second kappa shape index (κ2) is 3.71. The molecule has 0 aliphatic heterocycles. The molecule has 0 amide bonds. The van der Waals surface area contributed by atoms with Crippen LogP contribution in [-0.4, -0.2) is 6.29 Å². The van der Waals surface area contributed by atoms with Gasteiger partial charge in [0, 0.05) is 5.56 Å². The van der Waals surface area contributed by atoms with Gasteiger partial charge in [-0.3, -0.25) is 0 Å². The summed E-state index contributed by atoms with van der Waals surface area (Å²) in [7, 11) is 0. The predicted octanol–water partition coefficient (Wildman–Crippen LogP) is 2.10. The summed E-state index contributed by atoms with van der Waals surface area (Å²) in [5, 5.41) is 2.98. The number of benzene rings is 1. The Balaban J connectivity index is 3.08. The van der Waals surface area contributed by atoms with Crippen LogP contribution < -0.4 is 0 Å². The number of hydrogen-bond acceptors (Lipinski definition) is 3. The lowest BCUT2D eigenvalue weighted by Gasteiger charge is -2.03. The Labute approximate surface area is 68.7 Å². The Hall–Kier alpha value is -1.58. The van der Waals surface area contributed by atoms with E-state index in [-0.39, 0.29) is 5.56 Å². The van der Waals surface area contributed by atoms with Crippen molar-refractivity contribution in [2.75, 3.05) is 0 Å². The minimum atomic E-state index is -1.01. The first-order valence-electron chi connectivity index (χ1n) is 3.36. The van der Waals surface area contributed by atoms with Gasteiger partial charge in [-0.15, -0.1) is 0 Å². The van der Waals surface area contributed by atoms with Crippen LogP contribution >= 0.6 is 0 Å². The van der Waals surface area contributed by atoms with E-state index in [9.17, 15) is 9.18 Å². The molecule has 0 aliphatic rings. The molecule has 1 aromatic carbocycles. The van der Waals surface area contributed by atoms with Gasteiger partial charge < -0.3 is 4.79 Å². The van der Waals surface area contributed by atoms with Crippen LogP contribution in [0, 0.1) is 11.3 Å². The summed E-state index contributed by atoms with van der Waals surface area (Å²) in [6.45, 7) is 0. The normalized spacial score (nSPS) is 12.1. The highest BCUT2D eigenvalue weighted by molar-refractivity contribution is 5.61. The predicted molar refractivity (Wildman–Crippen MR) is 40.4 cm³/mol. The maximum Gasteiger partial charge on any atom is 0.153 e. The molecular formula is C8H7FN2O. The minimum Gasteiger partial charge on any atom is -0.301 e. The molecule has 1 N–H and O–H groups in total. The van der Waals surface area contributed by atoms with E-state index in [2.05, 4.69) is 5.11 Å². The van der Waals surface area contributed by atoms with E-state index in [1.54, 1.807) is 6.07 Å². The third kappa shape index (κ3) is 1.53. The number of carbonyl (C=O) groups is 1. The van der Waals surface area contributed by atoms with Crippen molar-refractivity contribution < 1.29 is 9.18 Å². The van der Waals surface area contributed by atoms with Crippen molar-refractivity contribution in [3.8, 4) is 0 Å². The molecule has 0 spiro atoms. The average Bonchev–Trinajstić information content (AvgIpc) is 2.10. The molecule has 0 fully saturated rings. The average molecular weight is 166 g/mol. The van der Waals surface area contributed by atoms with Gasteiger partial charge >= 0.3 is 0 Å². The first-order valence-corrected chi connectivity index (χ1v) is 3.36. The lowest BCUT2D eigenvalue weighted by molar-refractivity contribution is -0.109. The molecule has 1 unspecified atom stereocenters. The molecule has 1 aromatic rings. The maximum absolute atomic E-state index is 12.9. The van der Waals surface area contributed by atoms with Crippen molar-refractivity contribution in [1.82, 2.24) is 0 Å². The molecule has 0 aromatic heterocycles. The van der Waals surface area contributed by atoms with Gasteiger partial charge in [-0.25, -0.2) is 9.92 Å². The molecule has 0 radical (unpaired) electrons. The SMILES string of the molecule is N=NC(C=O)c1ccccc1F. The molecular weight excluding hydrogens is 159 g/mol. The smallest absolute Gasteiger partial charge is 0.153 e. The minimum absolute atomic E-state index is 0.141. The summed E-state index contributed by atoms with van der Waals surface area (Å²) in [4.78, 5) is 10.3. The zero-order valence-electron chi connectivity index (χ0n) is 6.20. The fourth-order valence-electron chi connectivity index (χ4n) is 0.888. The Morgan fingerprint density at radius 2 is 2.17 bits per heavy atom. The molecule has 1 atom stereocenters. The lowest BCUT2D eigenvalue weighted by atomic mass is 10.1. The molecule has 3 nitrogen and oxygen atoms in total. The lowest BCUT2D eigenvalue weighted by Crippen LogP contribution is -1.98. The second-order valence-electron chi connectivity index (χ2n) is 2.23. The number of nitrogens with one attached hydrogen (secondary N) is 1. The summed E-state index contributed by atoms with van der Waals surface area (Å²) in [6, 6.07) is 4.78. The highest BCUT2D eigenvalue weighted by Gasteiger charge is 2.11. The number of halogens is 1. The standard InChI is InChI=1S/C8H7FN2O/c9-7-4-2-1-3-6(7)8(5-12)11-10/h1-5,8,10H. The van der Waals surface area contributed by atoms with Crippen LogP contribution in [0.1, 0.15) is 11.6 Å². The Morgan fingerprint density at radius 3 is 2.67 bits per heavy atom. The van der Waals surface area contributed by atoms with Crippen LogP contribution in [0.25, 0.3) is 0 Å². The van der Waals surface area contributed by atoms with Crippen molar-refractivity contribution in [2.24, 2.45) is 5.11 Å². The van der Waals surface area contributed by atoms with Gasteiger partial charge in [0.1, 0.15) is 5.82 Å². The molecule has 0 bridgehead atoms. The second-order valence-corrected chi connectivity index (χ2v) is 2.23. The zero-order valence-corrected chi connectivity index (χ0v) is 6.20. The van der Waals surface area contributed by atoms with Crippen LogP contribution in [0.4, 0.5) is 4.39 Å². The molecule has 12 heavy (non-hydrogen) atoms. The van der Waals surface area contributed by atoms with Crippen molar-refractivity contribution in [3.05, 3.63) is 35.6 Å². The highest BCUT2D eigenvalue weighted by atomic mass is 19.1. The Kier molecular flexibility index (Phi) is 2.63. The van der Waals surface area contributed by atoms with E-state index in [0.29, 0.717) is 6.29 Å². The van der Waals surface area contributed by atoms with Gasteiger partial charge in [0.25, 0.3) is 0 Å². The summed E-state index contributed by atoms with van der Waals surface area (Å²) in [5.41, 5.74) is 6.76. The first kappa shape index (κ1) is 8.52. The van der Waals surface area contributed by atoms with Gasteiger partial charge in [0.2, 0.25) is 0 Å². The van der Waals surface area contributed by atoms with Crippen LogP contribution in [0.15, 0.2) is 29.4 Å². The Bertz CT molecular complexity index is 293. The fourth-order valence-corrected chi connectivity index (χ4v) is 0.888. The van der Waals surface area contributed by atoms with E-state index in [0.717, 1.165) is 0 Å². The summed E-state index contributed by atoms with van der Waals surface area (Å²) in [5.74, 6) is -0.509. The third-order valence-corrected chi connectivity index (χ3v) is 1.49. The molecule has 0 heterocycles. The molecule has 0 saturated heterocycles. The Morgan fingerprint density at radius 1 is 1.50 bits per heavy atom. The number of rotatable bonds is 3. The van der Waals surface area contributed by atoms with Crippen molar-refractivity contribution in [3.63, 3.8) is 0 Å². The van der Waals surface area contributed by atoms with Crippen LogP contribution in [0.5, 0.6) is 0 Å². The van der Waals surface area contributed by atoms with Crippen molar-refractivity contribution >= 4 is 6.29 Å². The quantitative estimate of drug-likeness (QED) is 0.542. The molecule has 0 aliphatic carbocycles. The number of nitrogens with zero attached hydrogens (tertiary/aromatic N) is 1. The molecule has 1 rings (SSSR count). The number of carbonyl (C=O) groups excluding carboxylic acids is 1. The van der Waals surface area contributed by atoms with Crippen molar-refractivity contribution in [2.45, 2.75) is 6.04 Å². The van der Waals surface area contributed by atoms with Gasteiger partial charge in [-0.1, -0.05) is 18.2 Å². The van der Waals surface area contributed by atoms with Gasteiger partial charge in [0.15, 0.2) is 12.3 Å². The fraction of sp³-hybridized carbons (Fsp3) is 0.125. The molecule has 0 saturated carbocycles. The number of aldehydes is 1. The van der Waals surface area contributed by atoms with E-state index in [1.807, 2.05) is 0 Å². The first-order chi connectivity index (χ1) is 5.79. The topological polar surface area (TPSA) is 53.3 Å². The zero-order chi connectivity index (χ0) is 8.97. The van der Waals surface area contributed by atoms with E-state index in [4.69, 9.17) is 5.53 Å². The van der Waals surface area contributed by atoms with Crippen LogP contribution in [-0.2, 0) is 4.79 Å². The van der Waals surface area contributed by atoms with Crippen LogP contribution in [0.3, 0.4) is 0 Å². The van der Waals surface area contributed by atoms with Gasteiger partial charge in [0.05, 0.1) is 0 Å². The third-order valence-electron chi connectivity index (χ3n) is 1.49. The van der Waals surface area contributed by atoms with E-state index in [1.165, 1.54) is 18.2 Å². The largest absolute Gasteiger partial charge is 0.301 e. The van der Waals surface area contributed by atoms with Gasteiger partial charge in [-0.05, 0) is 6.07 Å². The summed E-state index contributed by atoms with van der Waals surface area (Å²) in [6.07, 6.45) is 0.436. The molecule has 4 heteroatoms. The monoisotopic (exact) mass is 166 g/mol. The van der Waals surface area contributed by atoms with Crippen molar-refractivity contribution in [1.29, 1.82) is 5.53 Å². The summed E-state index contributed by atoms with van der Waals surface area (Å²) < 4.78 is 12.9.